The van der Waals surface area contributed by atoms with Gasteiger partial charge in [-0.15, -0.1) is 11.3 Å². The van der Waals surface area contributed by atoms with Crippen molar-refractivity contribution in [2.75, 3.05) is 13.2 Å². The van der Waals surface area contributed by atoms with Crippen molar-refractivity contribution in [3.63, 3.8) is 0 Å². The highest BCUT2D eigenvalue weighted by atomic mass is 32.1. The Labute approximate surface area is 168 Å². The van der Waals surface area contributed by atoms with Gasteiger partial charge in [-0.25, -0.2) is 4.98 Å². The van der Waals surface area contributed by atoms with Crippen molar-refractivity contribution in [3.8, 4) is 0 Å². The summed E-state index contributed by atoms with van der Waals surface area (Å²) in [5.74, 6) is 0.0183. The second-order valence-corrected chi connectivity index (χ2v) is 9.35. The molecule has 2 aromatic heterocycles. The number of hydrogen-bond acceptors (Lipinski definition) is 5. The van der Waals surface area contributed by atoms with E-state index in [1.807, 2.05) is 4.90 Å². The van der Waals surface area contributed by atoms with Crippen LogP contribution in [0.2, 0.25) is 0 Å². The van der Waals surface area contributed by atoms with Crippen LogP contribution < -0.4 is 5.56 Å². The minimum absolute atomic E-state index is 0.0183. The van der Waals surface area contributed by atoms with Gasteiger partial charge in [0, 0.05) is 11.4 Å². The molecule has 28 heavy (non-hydrogen) atoms. The molecule has 1 aliphatic heterocycles. The lowest BCUT2D eigenvalue weighted by molar-refractivity contribution is -0.150. The first-order chi connectivity index (χ1) is 13.7. The van der Waals surface area contributed by atoms with Crippen molar-refractivity contribution in [3.05, 3.63) is 27.1 Å². The molecule has 2 aromatic rings. The molecule has 3 heterocycles. The van der Waals surface area contributed by atoms with Crippen LogP contribution in [-0.2, 0) is 28.9 Å². The quantitative estimate of drug-likeness (QED) is 0.726. The summed E-state index contributed by atoms with van der Waals surface area (Å²) in [5.41, 5.74) is 1.14. The Bertz CT molecular complexity index is 948. The van der Waals surface area contributed by atoms with E-state index >= 15 is 0 Å². The van der Waals surface area contributed by atoms with E-state index in [-0.39, 0.29) is 30.2 Å². The Morgan fingerprint density at radius 2 is 2.04 bits per heavy atom. The maximum absolute atomic E-state index is 13.2. The second-order valence-electron chi connectivity index (χ2n) is 8.27. The first-order valence-electron chi connectivity index (χ1n) is 10.6. The summed E-state index contributed by atoms with van der Waals surface area (Å²) in [6.07, 6.45) is 11.6. The molecule has 0 radical (unpaired) electrons. The zero-order chi connectivity index (χ0) is 19.1. The summed E-state index contributed by atoms with van der Waals surface area (Å²) < 4.78 is 7.41. The van der Waals surface area contributed by atoms with Crippen LogP contribution in [0.5, 0.6) is 0 Å². The first-order valence-corrected chi connectivity index (χ1v) is 11.4. The van der Waals surface area contributed by atoms with E-state index in [0.717, 1.165) is 48.7 Å². The molecule has 2 aliphatic carbocycles. The van der Waals surface area contributed by atoms with Gasteiger partial charge in [-0.3, -0.25) is 14.2 Å². The van der Waals surface area contributed by atoms with Gasteiger partial charge in [-0.2, -0.15) is 0 Å². The average Bonchev–Trinajstić information content (AvgIpc) is 2.92. The summed E-state index contributed by atoms with van der Waals surface area (Å²) in [5, 5.41) is 0.759. The predicted octanol–water partition coefficient (Wildman–Crippen LogP) is 2.90. The van der Waals surface area contributed by atoms with Gasteiger partial charge in [0.05, 0.1) is 30.5 Å². The van der Waals surface area contributed by atoms with Crippen LogP contribution in [0, 0.1) is 0 Å². The maximum atomic E-state index is 13.2. The number of aryl methyl sites for hydroxylation is 2. The van der Waals surface area contributed by atoms with Gasteiger partial charge in [-0.05, 0) is 44.1 Å². The molecule has 7 heteroatoms. The number of nitrogens with zero attached hydrogens (tertiary/aromatic N) is 3. The second kappa shape index (κ2) is 7.59. The molecule has 0 N–H and O–H groups in total. The highest BCUT2D eigenvalue weighted by Crippen LogP contribution is 2.33. The van der Waals surface area contributed by atoms with Crippen molar-refractivity contribution >= 4 is 27.5 Å². The highest BCUT2D eigenvalue weighted by molar-refractivity contribution is 7.18. The zero-order valence-electron chi connectivity index (χ0n) is 16.2. The molecule has 6 nitrogen and oxygen atoms in total. The van der Waals surface area contributed by atoms with E-state index in [4.69, 9.17) is 4.74 Å². The zero-order valence-corrected chi connectivity index (χ0v) is 17.0. The van der Waals surface area contributed by atoms with E-state index in [0.29, 0.717) is 13.2 Å². The Morgan fingerprint density at radius 3 is 2.96 bits per heavy atom. The molecule has 1 saturated heterocycles. The summed E-state index contributed by atoms with van der Waals surface area (Å²) in [4.78, 5) is 34.9. The van der Waals surface area contributed by atoms with Gasteiger partial charge in [0.1, 0.15) is 11.4 Å². The third kappa shape index (κ3) is 3.18. The average molecular weight is 402 g/mol. The predicted molar refractivity (Wildman–Crippen MR) is 109 cm³/mol. The SMILES string of the molecule is O=C(Cn1cnc2sc3c(c2c1=O)CCCCC3)N1CCOC2CCCCC21. The lowest BCUT2D eigenvalue weighted by Crippen LogP contribution is -2.55. The summed E-state index contributed by atoms with van der Waals surface area (Å²) in [6.45, 7) is 1.30. The number of ether oxygens (including phenoxy) is 1. The smallest absolute Gasteiger partial charge is 0.262 e. The summed E-state index contributed by atoms with van der Waals surface area (Å²) >= 11 is 1.66. The van der Waals surface area contributed by atoms with E-state index < -0.39 is 0 Å². The van der Waals surface area contributed by atoms with Gasteiger partial charge in [0.2, 0.25) is 5.91 Å². The third-order valence-electron chi connectivity index (χ3n) is 6.55. The summed E-state index contributed by atoms with van der Waals surface area (Å²) in [6, 6.07) is 0.166. The van der Waals surface area contributed by atoms with Crippen molar-refractivity contribution in [2.45, 2.75) is 76.5 Å². The molecule has 1 saturated carbocycles. The minimum Gasteiger partial charge on any atom is -0.374 e. The van der Waals surface area contributed by atoms with Gasteiger partial charge in [0.25, 0.3) is 5.56 Å². The Morgan fingerprint density at radius 1 is 1.18 bits per heavy atom. The third-order valence-corrected chi connectivity index (χ3v) is 7.75. The van der Waals surface area contributed by atoms with E-state index in [9.17, 15) is 9.59 Å². The van der Waals surface area contributed by atoms with Crippen molar-refractivity contribution in [2.24, 2.45) is 0 Å². The number of carbonyl (C=O) groups excluding carboxylic acids is 1. The van der Waals surface area contributed by atoms with Crippen LogP contribution in [0.3, 0.4) is 0 Å². The Balaban J connectivity index is 1.43. The van der Waals surface area contributed by atoms with Crippen LogP contribution in [-0.4, -0.2) is 45.7 Å². The normalized spacial score (nSPS) is 25.2. The van der Waals surface area contributed by atoms with Gasteiger partial charge < -0.3 is 9.64 Å². The molecule has 2 unspecified atom stereocenters. The number of hydrogen-bond donors (Lipinski definition) is 0. The molecule has 150 valence electrons. The number of fused-ring (bicyclic) bond motifs is 4. The maximum Gasteiger partial charge on any atom is 0.262 e. The van der Waals surface area contributed by atoms with Crippen molar-refractivity contribution < 1.29 is 9.53 Å². The van der Waals surface area contributed by atoms with Gasteiger partial charge >= 0.3 is 0 Å². The number of aromatic nitrogens is 2. The number of carbonyl (C=O) groups is 1. The van der Waals surface area contributed by atoms with Crippen LogP contribution in [0.15, 0.2) is 11.1 Å². The first kappa shape index (κ1) is 18.3. The lowest BCUT2D eigenvalue weighted by Gasteiger charge is -2.43. The van der Waals surface area contributed by atoms with Crippen LogP contribution >= 0.6 is 11.3 Å². The largest absolute Gasteiger partial charge is 0.374 e. The molecule has 2 fully saturated rings. The highest BCUT2D eigenvalue weighted by Gasteiger charge is 2.36. The molecular weight excluding hydrogens is 374 g/mol. The molecule has 0 bridgehead atoms. The lowest BCUT2D eigenvalue weighted by atomic mass is 9.90. The van der Waals surface area contributed by atoms with Crippen LogP contribution in [0.1, 0.15) is 55.4 Å². The molecule has 5 rings (SSSR count). The number of thiophene rings is 1. The number of rotatable bonds is 2. The summed E-state index contributed by atoms with van der Waals surface area (Å²) in [7, 11) is 0. The molecule has 2 atom stereocenters. The molecule has 1 amide bonds. The van der Waals surface area contributed by atoms with Crippen LogP contribution in [0.25, 0.3) is 10.2 Å². The number of amides is 1. The molecule has 3 aliphatic rings. The monoisotopic (exact) mass is 401 g/mol. The van der Waals surface area contributed by atoms with Crippen LogP contribution in [0.4, 0.5) is 0 Å². The number of morpholine rings is 1. The molecule has 0 aromatic carbocycles. The molecule has 0 spiro atoms. The topological polar surface area (TPSA) is 64.4 Å². The minimum atomic E-state index is -0.0498. The standard InChI is InChI=1S/C21H27N3O3S/c25-18(24-10-11-27-16-8-5-4-7-15(16)24)12-23-13-22-20-19(21(23)26)14-6-2-1-3-9-17(14)28-20/h13,15-16H,1-12H2. The van der Waals surface area contributed by atoms with Crippen molar-refractivity contribution in [1.29, 1.82) is 0 Å². The fraction of sp³-hybridized carbons (Fsp3) is 0.667. The van der Waals surface area contributed by atoms with E-state index in [2.05, 4.69) is 4.98 Å². The van der Waals surface area contributed by atoms with Gasteiger partial charge in [0.15, 0.2) is 0 Å². The Kier molecular flexibility index (Phi) is 4.97. The van der Waals surface area contributed by atoms with E-state index in [1.54, 1.807) is 17.7 Å². The molecular formula is C21H27N3O3S. The van der Waals surface area contributed by atoms with E-state index in [1.165, 1.54) is 34.3 Å². The Hall–Kier alpha value is -1.73. The van der Waals surface area contributed by atoms with Gasteiger partial charge in [-0.1, -0.05) is 19.3 Å². The van der Waals surface area contributed by atoms with Crippen molar-refractivity contribution in [1.82, 2.24) is 14.5 Å². The fourth-order valence-corrected chi connectivity index (χ4v) is 6.33. The fourth-order valence-electron chi connectivity index (χ4n) is 5.11.